The molecule has 0 radical (unpaired) electrons. The van der Waals surface area contributed by atoms with Gasteiger partial charge in [0.1, 0.15) is 11.6 Å². The van der Waals surface area contributed by atoms with Gasteiger partial charge in [-0.15, -0.1) is 0 Å². The Morgan fingerprint density at radius 2 is 1.77 bits per heavy atom. The lowest BCUT2D eigenvalue weighted by molar-refractivity contribution is 0.584. The van der Waals surface area contributed by atoms with Crippen LogP contribution < -0.4 is 0 Å². The van der Waals surface area contributed by atoms with Gasteiger partial charge in [-0.3, -0.25) is 9.38 Å². The number of hydrogen-bond acceptors (Lipinski definition) is 5. The molecule has 0 aliphatic rings. The summed E-state index contributed by atoms with van der Waals surface area (Å²) in [5, 5.41) is 0.597. The first-order valence-corrected chi connectivity index (χ1v) is 8.97. The molecule has 0 amide bonds. The van der Waals surface area contributed by atoms with Gasteiger partial charge in [-0.2, -0.15) is 0 Å². The van der Waals surface area contributed by atoms with Gasteiger partial charge in [0.25, 0.3) is 0 Å². The van der Waals surface area contributed by atoms with Crippen LogP contribution >= 0.6 is 11.8 Å². The molecule has 26 heavy (non-hydrogen) atoms. The second-order valence-electron chi connectivity index (χ2n) is 5.60. The van der Waals surface area contributed by atoms with Crippen molar-refractivity contribution in [2.45, 2.75) is 12.1 Å². The Kier molecular flexibility index (Phi) is 4.12. The first kappa shape index (κ1) is 16.6. The first-order valence-electron chi connectivity index (χ1n) is 7.74. The topological polar surface area (TPSA) is 56.0 Å². The van der Waals surface area contributed by atoms with Crippen LogP contribution in [0.4, 0.5) is 8.78 Å². The molecule has 0 unspecified atom stereocenters. The normalized spacial score (nSPS) is 11.2. The predicted octanol–water partition coefficient (Wildman–Crippen LogP) is 4.16. The Bertz CT molecular complexity index is 1110. The van der Waals surface area contributed by atoms with E-state index in [0.717, 1.165) is 6.07 Å². The molecule has 4 rings (SSSR count). The summed E-state index contributed by atoms with van der Waals surface area (Å²) in [6.45, 7) is 1.83. The van der Waals surface area contributed by atoms with Crippen molar-refractivity contribution in [3.05, 3.63) is 60.2 Å². The Morgan fingerprint density at radius 3 is 2.50 bits per heavy atom. The van der Waals surface area contributed by atoms with Crippen LogP contribution in [0.3, 0.4) is 0 Å². The number of imidazole rings is 1. The van der Waals surface area contributed by atoms with Gasteiger partial charge >= 0.3 is 0 Å². The summed E-state index contributed by atoms with van der Waals surface area (Å²) in [5.41, 5.74) is 3.33. The van der Waals surface area contributed by atoms with E-state index < -0.39 is 11.6 Å². The van der Waals surface area contributed by atoms with E-state index in [1.54, 1.807) is 24.7 Å². The molecule has 8 heteroatoms. The molecule has 130 valence electrons. The molecule has 0 fully saturated rings. The largest absolute Gasteiger partial charge is 0.295 e. The fourth-order valence-electron chi connectivity index (χ4n) is 2.81. The molecule has 4 aromatic rings. The van der Waals surface area contributed by atoms with Crippen LogP contribution in [-0.2, 0) is 0 Å². The number of fused-ring (bicyclic) bond motifs is 1. The average Bonchev–Trinajstić information content (AvgIpc) is 3.02. The van der Waals surface area contributed by atoms with E-state index in [4.69, 9.17) is 0 Å². The predicted molar refractivity (Wildman–Crippen MR) is 95.9 cm³/mol. The Morgan fingerprint density at radius 1 is 1.00 bits per heavy atom. The van der Waals surface area contributed by atoms with Crippen molar-refractivity contribution in [2.75, 3.05) is 6.26 Å². The highest BCUT2D eigenvalue weighted by Gasteiger charge is 2.20. The maximum Gasteiger partial charge on any atom is 0.187 e. The number of thioether (sulfide) groups is 1. The summed E-state index contributed by atoms with van der Waals surface area (Å²) in [4.78, 5) is 17.6. The number of halogens is 2. The van der Waals surface area contributed by atoms with Crippen LogP contribution in [0, 0.1) is 18.6 Å². The van der Waals surface area contributed by atoms with Gasteiger partial charge in [0, 0.05) is 30.2 Å². The Labute approximate surface area is 152 Å². The highest BCUT2D eigenvalue weighted by molar-refractivity contribution is 7.98. The highest BCUT2D eigenvalue weighted by Crippen LogP contribution is 2.33. The molecule has 0 spiro atoms. The summed E-state index contributed by atoms with van der Waals surface area (Å²) in [7, 11) is 0. The van der Waals surface area contributed by atoms with Gasteiger partial charge in [0.05, 0.1) is 22.8 Å². The van der Waals surface area contributed by atoms with Crippen molar-refractivity contribution < 1.29 is 8.78 Å². The van der Waals surface area contributed by atoms with Crippen LogP contribution in [0.25, 0.3) is 28.3 Å². The summed E-state index contributed by atoms with van der Waals surface area (Å²) in [6, 6.07) is 5.10. The lowest BCUT2D eigenvalue weighted by Crippen LogP contribution is -1.96. The van der Waals surface area contributed by atoms with Gasteiger partial charge in [-0.05, 0) is 31.4 Å². The monoisotopic (exact) mass is 369 g/mol. The smallest absolute Gasteiger partial charge is 0.187 e. The van der Waals surface area contributed by atoms with Crippen molar-refractivity contribution >= 4 is 17.4 Å². The number of aromatic nitrogens is 5. The molecule has 0 aliphatic carbocycles. The second kappa shape index (κ2) is 6.45. The van der Waals surface area contributed by atoms with Crippen LogP contribution in [-0.4, -0.2) is 30.6 Å². The minimum Gasteiger partial charge on any atom is -0.295 e. The summed E-state index contributed by atoms with van der Waals surface area (Å²) < 4.78 is 29.4. The van der Waals surface area contributed by atoms with Gasteiger partial charge in [-0.1, -0.05) is 11.8 Å². The maximum atomic E-state index is 13.8. The molecular weight excluding hydrogens is 356 g/mol. The lowest BCUT2D eigenvalue weighted by atomic mass is 10.1. The van der Waals surface area contributed by atoms with E-state index >= 15 is 0 Å². The molecule has 3 aromatic heterocycles. The number of aryl methyl sites for hydroxylation is 1. The molecule has 0 bridgehead atoms. The van der Waals surface area contributed by atoms with Crippen LogP contribution in [0.15, 0.2) is 48.0 Å². The Balaban J connectivity index is 2.07. The zero-order valence-corrected chi connectivity index (χ0v) is 14.8. The summed E-state index contributed by atoms with van der Waals surface area (Å²) in [5.74, 6) is -1.32. The highest BCUT2D eigenvalue weighted by atomic mass is 32.2. The van der Waals surface area contributed by atoms with E-state index in [2.05, 4.69) is 19.9 Å². The van der Waals surface area contributed by atoms with Crippen molar-refractivity contribution in [1.29, 1.82) is 0 Å². The van der Waals surface area contributed by atoms with Crippen molar-refractivity contribution in [2.24, 2.45) is 0 Å². The fourth-order valence-corrected chi connectivity index (χ4v) is 3.17. The lowest BCUT2D eigenvalue weighted by Gasteiger charge is -2.06. The van der Waals surface area contributed by atoms with E-state index in [0.29, 0.717) is 39.1 Å². The number of rotatable bonds is 3. The van der Waals surface area contributed by atoms with Gasteiger partial charge in [0.2, 0.25) is 0 Å². The van der Waals surface area contributed by atoms with Crippen LogP contribution in [0.2, 0.25) is 0 Å². The zero-order chi connectivity index (χ0) is 18.3. The van der Waals surface area contributed by atoms with E-state index in [1.807, 2.05) is 17.6 Å². The third-order valence-electron chi connectivity index (χ3n) is 3.91. The molecule has 0 saturated heterocycles. The van der Waals surface area contributed by atoms with Gasteiger partial charge in [-0.25, -0.2) is 23.7 Å². The molecule has 0 saturated carbocycles. The maximum absolute atomic E-state index is 13.8. The molecule has 5 nitrogen and oxygen atoms in total. The zero-order valence-electron chi connectivity index (χ0n) is 13.9. The summed E-state index contributed by atoms with van der Waals surface area (Å²) in [6.07, 6.45) is 6.94. The average molecular weight is 369 g/mol. The van der Waals surface area contributed by atoms with Crippen molar-refractivity contribution in [3.63, 3.8) is 0 Å². The standard InChI is InChI=1S/C18H13F2N5S/c1-10-17-24-15(11-7-12(19)9-13(20)8-11)16(25(17)6-5-21-10)14-3-4-22-18(23-14)26-2/h3-9H,1-2H3. The SMILES string of the molecule is CSc1nccc(-c2c(-c3cc(F)cc(F)c3)nc3c(C)nccn23)n1. The van der Waals surface area contributed by atoms with Crippen molar-refractivity contribution in [1.82, 2.24) is 24.3 Å². The van der Waals surface area contributed by atoms with E-state index in [1.165, 1.54) is 23.9 Å². The minimum atomic E-state index is -0.662. The molecular formula is C18H13F2N5S. The van der Waals surface area contributed by atoms with Gasteiger partial charge < -0.3 is 0 Å². The third kappa shape index (κ3) is 2.82. The Hall–Kier alpha value is -2.87. The molecule has 0 N–H and O–H groups in total. The minimum absolute atomic E-state index is 0.338. The molecule has 0 aliphatic heterocycles. The van der Waals surface area contributed by atoms with Crippen molar-refractivity contribution in [3.8, 4) is 22.6 Å². The molecule has 1 aromatic carbocycles. The van der Waals surface area contributed by atoms with Crippen LogP contribution in [0.1, 0.15) is 5.69 Å². The number of nitrogens with zero attached hydrogens (tertiary/aromatic N) is 5. The molecule has 0 atom stereocenters. The van der Waals surface area contributed by atoms with E-state index in [9.17, 15) is 8.78 Å². The first-order chi connectivity index (χ1) is 12.6. The number of benzene rings is 1. The number of hydrogen-bond donors (Lipinski definition) is 0. The van der Waals surface area contributed by atoms with E-state index in [-0.39, 0.29) is 0 Å². The fraction of sp³-hybridized carbons (Fsp3) is 0.111. The quantitative estimate of drug-likeness (QED) is 0.401. The third-order valence-corrected chi connectivity index (χ3v) is 4.48. The van der Waals surface area contributed by atoms with Gasteiger partial charge in [0.15, 0.2) is 10.8 Å². The summed E-state index contributed by atoms with van der Waals surface area (Å²) >= 11 is 1.41. The second-order valence-corrected chi connectivity index (χ2v) is 6.38. The molecule has 3 heterocycles. The van der Waals surface area contributed by atoms with Crippen LogP contribution in [0.5, 0.6) is 0 Å².